The van der Waals surface area contributed by atoms with Crippen LogP contribution in [0.4, 0.5) is 5.69 Å². The molecule has 160 valence electrons. The molecular formula is C19H13Cl2N3O6S. The number of nitriles is 1. The molecule has 0 unspecified atom stereocenters. The third-order valence-electron chi connectivity index (χ3n) is 4.13. The normalized spacial score (nSPS) is 11.1. The number of anilines is 1. The third-order valence-corrected chi connectivity index (χ3v) is 5.55. The number of benzene rings is 2. The monoisotopic (exact) mass is 481 g/mol. The topological polar surface area (TPSA) is 145 Å². The molecule has 31 heavy (non-hydrogen) atoms. The Morgan fingerprint density at radius 2 is 1.94 bits per heavy atom. The summed E-state index contributed by atoms with van der Waals surface area (Å²) in [5.41, 5.74) is 5.11. The van der Waals surface area contributed by atoms with E-state index in [0.29, 0.717) is 5.02 Å². The zero-order chi connectivity index (χ0) is 22.9. The fourth-order valence-corrected chi connectivity index (χ4v) is 3.90. The zero-order valence-electron chi connectivity index (χ0n) is 15.7. The molecule has 0 bridgehead atoms. The van der Waals surface area contributed by atoms with Gasteiger partial charge in [0, 0.05) is 17.3 Å². The fourth-order valence-electron chi connectivity index (χ4n) is 2.75. The van der Waals surface area contributed by atoms with Gasteiger partial charge in [-0.25, -0.2) is 4.79 Å². The van der Waals surface area contributed by atoms with E-state index in [9.17, 15) is 23.0 Å². The number of esters is 1. The van der Waals surface area contributed by atoms with Crippen LogP contribution in [0, 0.1) is 11.3 Å². The fraction of sp³-hybridized carbons (Fsp3) is 0.0526. The molecule has 3 rings (SSSR count). The van der Waals surface area contributed by atoms with Crippen molar-refractivity contribution in [2.24, 2.45) is 0 Å². The molecule has 0 aliphatic heterocycles. The van der Waals surface area contributed by atoms with E-state index in [0.717, 1.165) is 23.9 Å². The van der Waals surface area contributed by atoms with Gasteiger partial charge in [-0.3, -0.25) is 4.55 Å². The maximum atomic E-state index is 12.2. The van der Waals surface area contributed by atoms with Gasteiger partial charge < -0.3 is 19.8 Å². The van der Waals surface area contributed by atoms with E-state index in [-0.39, 0.29) is 39.2 Å². The lowest BCUT2D eigenvalue weighted by Gasteiger charge is -2.14. The lowest BCUT2D eigenvalue weighted by Crippen LogP contribution is -2.13. The van der Waals surface area contributed by atoms with Crippen LogP contribution in [-0.4, -0.2) is 30.6 Å². The molecule has 0 amide bonds. The van der Waals surface area contributed by atoms with Crippen LogP contribution in [0.25, 0.3) is 5.69 Å². The second-order valence-electron chi connectivity index (χ2n) is 6.06. The van der Waals surface area contributed by atoms with Crippen molar-refractivity contribution in [2.45, 2.75) is 4.90 Å². The zero-order valence-corrected chi connectivity index (χ0v) is 18.0. The van der Waals surface area contributed by atoms with E-state index < -0.39 is 21.0 Å². The molecule has 9 nitrogen and oxygen atoms in total. The van der Waals surface area contributed by atoms with Crippen LogP contribution in [0.5, 0.6) is 11.5 Å². The van der Waals surface area contributed by atoms with Crippen molar-refractivity contribution in [1.82, 2.24) is 4.57 Å². The number of nitrogen functional groups attached to an aromatic ring is 1. The van der Waals surface area contributed by atoms with Crippen LogP contribution in [-0.2, 0) is 14.9 Å². The second kappa shape index (κ2) is 8.49. The van der Waals surface area contributed by atoms with Gasteiger partial charge in [0.25, 0.3) is 10.1 Å². The number of carbonyl (C=O) groups is 1. The summed E-state index contributed by atoms with van der Waals surface area (Å²) in [6.45, 7) is 0. The summed E-state index contributed by atoms with van der Waals surface area (Å²) >= 11 is 11.9. The Morgan fingerprint density at radius 1 is 1.23 bits per heavy atom. The number of methoxy groups -OCH3 is 1. The first kappa shape index (κ1) is 22.5. The van der Waals surface area contributed by atoms with Crippen LogP contribution in [0.1, 0.15) is 16.1 Å². The van der Waals surface area contributed by atoms with Gasteiger partial charge in [-0.05, 0) is 30.3 Å². The highest BCUT2D eigenvalue weighted by atomic mass is 35.5. The highest BCUT2D eigenvalue weighted by Gasteiger charge is 2.26. The summed E-state index contributed by atoms with van der Waals surface area (Å²) in [5, 5.41) is 9.79. The molecule has 3 N–H and O–H groups in total. The van der Waals surface area contributed by atoms with Gasteiger partial charge in [-0.2, -0.15) is 13.7 Å². The smallest absolute Gasteiger partial charge is 0.357 e. The number of aromatic nitrogens is 1. The van der Waals surface area contributed by atoms with E-state index in [4.69, 9.17) is 33.7 Å². The van der Waals surface area contributed by atoms with Gasteiger partial charge in [-0.1, -0.05) is 23.2 Å². The molecule has 0 spiro atoms. The third kappa shape index (κ3) is 4.45. The largest absolute Gasteiger partial charge is 0.464 e. The average Bonchev–Trinajstić information content (AvgIpc) is 3.05. The minimum Gasteiger partial charge on any atom is -0.464 e. The van der Waals surface area contributed by atoms with Gasteiger partial charge in [0.2, 0.25) is 0 Å². The lowest BCUT2D eigenvalue weighted by molar-refractivity contribution is 0.0593. The van der Waals surface area contributed by atoms with Crippen molar-refractivity contribution >= 4 is 45.0 Å². The molecule has 0 aliphatic rings. The number of carbonyl (C=O) groups excluding carboxylic acids is 1. The molecule has 12 heteroatoms. The number of hydrogen-bond donors (Lipinski definition) is 2. The highest BCUT2D eigenvalue weighted by molar-refractivity contribution is 7.86. The Bertz CT molecular complexity index is 1350. The Hall–Kier alpha value is -3.23. The Balaban J connectivity index is 2.20. The SMILES string of the molecule is COC(=O)c1c(N)c(C#N)cn1-c1ccc(Oc2ccc(Cl)cc2Cl)cc1S(=O)(=O)O. The number of rotatable bonds is 5. The average molecular weight is 482 g/mol. The predicted molar refractivity (Wildman–Crippen MR) is 113 cm³/mol. The maximum absolute atomic E-state index is 12.2. The van der Waals surface area contributed by atoms with Crippen LogP contribution in [0.3, 0.4) is 0 Å². The molecular weight excluding hydrogens is 469 g/mol. The van der Waals surface area contributed by atoms with Crippen molar-refractivity contribution < 1.29 is 27.2 Å². The van der Waals surface area contributed by atoms with Crippen LogP contribution < -0.4 is 10.5 Å². The van der Waals surface area contributed by atoms with Gasteiger partial charge >= 0.3 is 5.97 Å². The van der Waals surface area contributed by atoms with Crippen LogP contribution in [0.2, 0.25) is 10.0 Å². The standard InChI is InChI=1S/C19H13Cl2N3O6S/c1-29-19(25)18-17(23)10(8-22)9-24(18)14-4-3-12(7-16(14)31(26,27)28)30-15-5-2-11(20)6-13(15)21/h2-7,9H,23H2,1H3,(H,26,27,28). The van der Waals surface area contributed by atoms with Crippen molar-refractivity contribution in [2.75, 3.05) is 12.8 Å². The summed E-state index contributed by atoms with van der Waals surface area (Å²) in [6.07, 6.45) is 1.15. The summed E-state index contributed by atoms with van der Waals surface area (Å²) in [7, 11) is -3.70. The van der Waals surface area contributed by atoms with Gasteiger partial charge in [0.05, 0.1) is 29.1 Å². The number of ether oxygens (including phenoxy) is 2. The maximum Gasteiger partial charge on any atom is 0.357 e. The highest BCUT2D eigenvalue weighted by Crippen LogP contribution is 2.35. The molecule has 0 radical (unpaired) electrons. The minimum absolute atomic E-state index is 0.0147. The lowest BCUT2D eigenvalue weighted by atomic mass is 10.2. The van der Waals surface area contributed by atoms with Crippen molar-refractivity contribution in [3.63, 3.8) is 0 Å². The van der Waals surface area contributed by atoms with Crippen molar-refractivity contribution in [1.29, 1.82) is 5.26 Å². The Labute approximate surface area is 186 Å². The predicted octanol–water partition coefficient (Wildman–Crippen LogP) is 4.06. The summed E-state index contributed by atoms with van der Waals surface area (Å²) in [6, 6.07) is 9.90. The van der Waals surface area contributed by atoms with E-state index in [1.165, 1.54) is 30.3 Å². The number of nitrogens with two attached hydrogens (primary N) is 1. The molecule has 2 aromatic carbocycles. The number of halogens is 2. The first-order valence-electron chi connectivity index (χ1n) is 8.31. The minimum atomic E-state index is -4.80. The first-order chi connectivity index (χ1) is 14.6. The first-order valence-corrected chi connectivity index (χ1v) is 10.5. The van der Waals surface area contributed by atoms with E-state index in [2.05, 4.69) is 4.74 Å². The second-order valence-corrected chi connectivity index (χ2v) is 8.29. The molecule has 0 atom stereocenters. The summed E-state index contributed by atoms with van der Waals surface area (Å²) in [4.78, 5) is 11.6. The Kier molecular flexibility index (Phi) is 6.15. The quantitative estimate of drug-likeness (QED) is 0.409. The molecule has 0 fully saturated rings. The molecule has 0 saturated heterocycles. The summed E-state index contributed by atoms with van der Waals surface area (Å²) < 4.78 is 45.3. The molecule has 1 aromatic heterocycles. The molecule has 3 aromatic rings. The molecule has 0 saturated carbocycles. The number of hydrogen-bond acceptors (Lipinski definition) is 7. The number of nitrogens with zero attached hydrogens (tertiary/aromatic N) is 2. The van der Waals surface area contributed by atoms with Crippen LogP contribution >= 0.6 is 23.2 Å². The van der Waals surface area contributed by atoms with Gasteiger partial charge in [0.15, 0.2) is 5.69 Å². The van der Waals surface area contributed by atoms with Crippen LogP contribution in [0.15, 0.2) is 47.5 Å². The molecule has 0 aliphatic carbocycles. The van der Waals surface area contributed by atoms with E-state index >= 15 is 0 Å². The van der Waals surface area contributed by atoms with E-state index in [1.54, 1.807) is 6.07 Å². The Morgan fingerprint density at radius 3 is 2.52 bits per heavy atom. The van der Waals surface area contributed by atoms with Gasteiger partial charge in [-0.15, -0.1) is 0 Å². The summed E-state index contributed by atoms with van der Waals surface area (Å²) in [5.74, 6) is -0.707. The van der Waals surface area contributed by atoms with Gasteiger partial charge in [0.1, 0.15) is 22.5 Å². The van der Waals surface area contributed by atoms with Crippen molar-refractivity contribution in [3.05, 3.63) is 63.9 Å². The van der Waals surface area contributed by atoms with Crippen molar-refractivity contribution in [3.8, 4) is 23.3 Å². The van der Waals surface area contributed by atoms with E-state index in [1.807, 2.05) is 0 Å². The molecule has 1 heterocycles.